The van der Waals surface area contributed by atoms with Crippen LogP contribution < -0.4 is 15.9 Å². The molecular weight excluding hydrogens is 457 g/mol. The van der Waals surface area contributed by atoms with Gasteiger partial charge in [-0.25, -0.2) is 9.18 Å². The van der Waals surface area contributed by atoms with Gasteiger partial charge in [0.1, 0.15) is 21.8 Å². The van der Waals surface area contributed by atoms with Gasteiger partial charge in [0.2, 0.25) is 0 Å². The summed E-state index contributed by atoms with van der Waals surface area (Å²) in [6.45, 7) is 0.0760. The van der Waals surface area contributed by atoms with Gasteiger partial charge in [0.25, 0.3) is 5.56 Å². The van der Waals surface area contributed by atoms with E-state index in [1.807, 2.05) is 0 Å². The second-order valence-electron chi connectivity index (χ2n) is 7.59. The standard InChI is InChI=1S/C26H18FNO5S/c1-32-17-9-11-18(12-10-17)34-24-22(29)21-23(33-26(24)31)19-7-2-3-8-20(19)28(25(21)30)14-15-5-4-6-16(27)13-15/h2-13,29H,14H2,1H3. The number of para-hydroxylation sites is 1. The fraction of sp³-hybridized carbons (Fsp3) is 0.0769. The molecule has 0 aliphatic rings. The molecule has 2 heterocycles. The first-order valence-corrected chi connectivity index (χ1v) is 11.2. The highest BCUT2D eigenvalue weighted by molar-refractivity contribution is 7.99. The Bertz CT molecular complexity index is 1660. The first-order valence-electron chi connectivity index (χ1n) is 10.3. The Labute approximate surface area is 196 Å². The van der Waals surface area contributed by atoms with Crippen molar-refractivity contribution in [2.45, 2.75) is 16.3 Å². The number of aromatic nitrogens is 1. The Morgan fingerprint density at radius 2 is 1.79 bits per heavy atom. The quantitative estimate of drug-likeness (QED) is 0.354. The molecule has 5 aromatic rings. The minimum atomic E-state index is -0.752. The lowest BCUT2D eigenvalue weighted by atomic mass is 10.1. The van der Waals surface area contributed by atoms with E-state index in [4.69, 9.17) is 9.15 Å². The molecule has 0 aliphatic heterocycles. The first-order chi connectivity index (χ1) is 16.5. The summed E-state index contributed by atoms with van der Waals surface area (Å²) < 4.78 is 25.9. The van der Waals surface area contributed by atoms with E-state index in [1.165, 1.54) is 16.7 Å². The van der Waals surface area contributed by atoms with Gasteiger partial charge < -0.3 is 18.8 Å². The summed E-state index contributed by atoms with van der Waals surface area (Å²) in [6.07, 6.45) is 0. The molecule has 0 saturated heterocycles. The van der Waals surface area contributed by atoms with E-state index in [0.29, 0.717) is 27.1 Å². The van der Waals surface area contributed by atoms with Crippen molar-refractivity contribution >= 4 is 33.6 Å². The van der Waals surface area contributed by atoms with Crippen molar-refractivity contribution in [3.63, 3.8) is 0 Å². The maximum absolute atomic E-state index is 13.8. The third kappa shape index (κ3) is 3.82. The predicted molar refractivity (Wildman–Crippen MR) is 129 cm³/mol. The monoisotopic (exact) mass is 475 g/mol. The van der Waals surface area contributed by atoms with Crippen LogP contribution in [0, 0.1) is 5.82 Å². The molecular formula is C26H18FNO5S. The highest BCUT2D eigenvalue weighted by Crippen LogP contribution is 2.37. The molecule has 0 fully saturated rings. The Hall–Kier alpha value is -4.04. The van der Waals surface area contributed by atoms with Gasteiger partial charge in [-0.2, -0.15) is 0 Å². The van der Waals surface area contributed by atoms with E-state index in [1.54, 1.807) is 67.8 Å². The number of fused-ring (bicyclic) bond motifs is 3. The highest BCUT2D eigenvalue weighted by atomic mass is 32.2. The first kappa shape index (κ1) is 21.8. The molecule has 0 spiro atoms. The van der Waals surface area contributed by atoms with E-state index in [-0.39, 0.29) is 22.4 Å². The largest absolute Gasteiger partial charge is 0.505 e. The van der Waals surface area contributed by atoms with Crippen LogP contribution in [0.4, 0.5) is 4.39 Å². The van der Waals surface area contributed by atoms with Gasteiger partial charge in [-0.05, 0) is 54.1 Å². The second-order valence-corrected chi connectivity index (χ2v) is 8.67. The van der Waals surface area contributed by atoms with Crippen molar-refractivity contribution in [2.24, 2.45) is 0 Å². The molecule has 1 N–H and O–H groups in total. The van der Waals surface area contributed by atoms with Crippen molar-refractivity contribution < 1.29 is 18.7 Å². The summed E-state index contributed by atoms with van der Waals surface area (Å²) >= 11 is 0.991. The van der Waals surface area contributed by atoms with Crippen LogP contribution in [-0.4, -0.2) is 16.8 Å². The smallest absolute Gasteiger partial charge is 0.354 e. The number of rotatable bonds is 5. The van der Waals surface area contributed by atoms with Crippen molar-refractivity contribution in [1.29, 1.82) is 0 Å². The fourth-order valence-electron chi connectivity index (χ4n) is 3.87. The lowest BCUT2D eigenvalue weighted by Gasteiger charge is -2.14. The molecule has 170 valence electrons. The van der Waals surface area contributed by atoms with Crippen LogP contribution in [0.25, 0.3) is 21.9 Å². The van der Waals surface area contributed by atoms with E-state index >= 15 is 0 Å². The molecule has 3 aromatic carbocycles. The van der Waals surface area contributed by atoms with Gasteiger partial charge in [0.15, 0.2) is 11.3 Å². The summed E-state index contributed by atoms with van der Waals surface area (Å²) in [5.41, 5.74) is -0.203. The van der Waals surface area contributed by atoms with Gasteiger partial charge in [-0.3, -0.25) is 4.79 Å². The molecule has 5 rings (SSSR count). The molecule has 0 atom stereocenters. The van der Waals surface area contributed by atoms with Crippen LogP contribution in [0.1, 0.15) is 5.56 Å². The van der Waals surface area contributed by atoms with Crippen LogP contribution in [-0.2, 0) is 6.54 Å². The van der Waals surface area contributed by atoms with Gasteiger partial charge in [0.05, 0.1) is 19.2 Å². The van der Waals surface area contributed by atoms with Crippen LogP contribution in [0.3, 0.4) is 0 Å². The summed E-state index contributed by atoms with van der Waals surface area (Å²) in [5, 5.41) is 11.5. The minimum absolute atomic E-state index is 0.0117. The zero-order valence-electron chi connectivity index (χ0n) is 17.9. The number of ether oxygens (including phenoxy) is 1. The van der Waals surface area contributed by atoms with Crippen molar-refractivity contribution in [2.75, 3.05) is 7.11 Å². The van der Waals surface area contributed by atoms with Gasteiger partial charge in [0, 0.05) is 10.3 Å². The van der Waals surface area contributed by atoms with Gasteiger partial charge in [-0.1, -0.05) is 36.0 Å². The Morgan fingerprint density at radius 1 is 1.03 bits per heavy atom. The SMILES string of the molecule is COc1ccc(Sc2c(O)c3c(=O)n(Cc4cccc(F)c4)c4ccccc4c3oc2=O)cc1. The van der Waals surface area contributed by atoms with Crippen molar-refractivity contribution in [3.05, 3.63) is 105 Å². The van der Waals surface area contributed by atoms with E-state index < -0.39 is 22.8 Å². The fourth-order valence-corrected chi connectivity index (χ4v) is 4.70. The maximum Gasteiger partial charge on any atom is 0.354 e. The van der Waals surface area contributed by atoms with Crippen LogP contribution in [0.2, 0.25) is 0 Å². The molecule has 0 unspecified atom stereocenters. The zero-order chi connectivity index (χ0) is 23.8. The van der Waals surface area contributed by atoms with Gasteiger partial charge >= 0.3 is 5.63 Å². The Kier molecular flexibility index (Phi) is 5.59. The third-order valence-corrected chi connectivity index (χ3v) is 6.54. The summed E-state index contributed by atoms with van der Waals surface area (Å²) in [5.74, 6) is -0.218. The lowest BCUT2D eigenvalue weighted by molar-refractivity contribution is 0.414. The predicted octanol–water partition coefficient (Wildman–Crippen LogP) is 5.16. The molecule has 2 aromatic heterocycles. The highest BCUT2D eigenvalue weighted by Gasteiger charge is 2.22. The molecule has 0 saturated carbocycles. The molecule has 6 nitrogen and oxygen atoms in total. The normalized spacial score (nSPS) is 11.2. The van der Waals surface area contributed by atoms with E-state index in [2.05, 4.69) is 0 Å². The topological polar surface area (TPSA) is 81.7 Å². The molecule has 34 heavy (non-hydrogen) atoms. The molecule has 0 bridgehead atoms. The number of hydrogen-bond acceptors (Lipinski definition) is 6. The maximum atomic E-state index is 13.8. The summed E-state index contributed by atoms with van der Waals surface area (Å²) in [4.78, 5) is 27.0. The van der Waals surface area contributed by atoms with Gasteiger partial charge in [-0.15, -0.1) is 0 Å². The van der Waals surface area contributed by atoms with E-state index in [0.717, 1.165) is 11.8 Å². The number of halogens is 1. The summed E-state index contributed by atoms with van der Waals surface area (Å²) in [6, 6.07) is 19.8. The number of aromatic hydroxyl groups is 1. The molecule has 8 heteroatoms. The molecule has 0 amide bonds. The third-order valence-electron chi connectivity index (χ3n) is 5.47. The second kappa shape index (κ2) is 8.72. The number of methoxy groups -OCH3 is 1. The summed E-state index contributed by atoms with van der Waals surface area (Å²) in [7, 11) is 1.55. The average molecular weight is 475 g/mol. The number of pyridine rings is 1. The Morgan fingerprint density at radius 3 is 2.53 bits per heavy atom. The van der Waals surface area contributed by atoms with Crippen LogP contribution in [0.15, 0.2) is 96.6 Å². The minimum Gasteiger partial charge on any atom is -0.505 e. The van der Waals surface area contributed by atoms with Crippen LogP contribution in [0.5, 0.6) is 11.5 Å². The Balaban J connectivity index is 1.74. The van der Waals surface area contributed by atoms with E-state index in [9.17, 15) is 19.1 Å². The number of hydrogen-bond donors (Lipinski definition) is 1. The van der Waals surface area contributed by atoms with Crippen LogP contribution >= 0.6 is 11.8 Å². The number of nitrogens with zero attached hydrogens (tertiary/aromatic N) is 1. The average Bonchev–Trinajstić information content (AvgIpc) is 2.84. The molecule has 0 radical (unpaired) electrons. The molecule has 0 aliphatic carbocycles. The lowest BCUT2D eigenvalue weighted by Crippen LogP contribution is -2.22. The van der Waals surface area contributed by atoms with Crippen molar-refractivity contribution in [1.82, 2.24) is 4.57 Å². The van der Waals surface area contributed by atoms with Crippen molar-refractivity contribution in [3.8, 4) is 11.5 Å². The zero-order valence-corrected chi connectivity index (χ0v) is 18.8. The number of benzene rings is 3.